The van der Waals surface area contributed by atoms with E-state index in [-0.39, 0.29) is 18.1 Å². The number of nitrogens with one attached hydrogen (secondary N) is 2. The Hall–Kier alpha value is -4.53. The SMILES string of the molecule is COc1cccc(NC(=O)COc2ccc(C(=O)OC(C)C(=O)Nc3ccc(N(C)C)cc3)cc2)c1. The van der Waals surface area contributed by atoms with Crippen molar-refractivity contribution in [3.8, 4) is 11.5 Å². The van der Waals surface area contributed by atoms with Gasteiger partial charge in [-0.15, -0.1) is 0 Å². The molecular weight excluding hydrogens is 462 g/mol. The second kappa shape index (κ2) is 12.3. The second-order valence-corrected chi connectivity index (χ2v) is 8.07. The zero-order valence-corrected chi connectivity index (χ0v) is 20.6. The van der Waals surface area contributed by atoms with Crippen LogP contribution in [0.3, 0.4) is 0 Å². The Morgan fingerprint density at radius 1 is 0.861 bits per heavy atom. The fourth-order valence-electron chi connectivity index (χ4n) is 3.10. The Morgan fingerprint density at radius 2 is 1.56 bits per heavy atom. The smallest absolute Gasteiger partial charge is 0.338 e. The summed E-state index contributed by atoms with van der Waals surface area (Å²) in [6, 6.07) is 20.4. The van der Waals surface area contributed by atoms with Crippen molar-refractivity contribution in [1.29, 1.82) is 0 Å². The quantitative estimate of drug-likeness (QED) is 0.414. The number of ether oxygens (including phenoxy) is 3. The summed E-state index contributed by atoms with van der Waals surface area (Å²) in [5.41, 5.74) is 2.44. The van der Waals surface area contributed by atoms with Crippen molar-refractivity contribution in [2.75, 3.05) is 43.3 Å². The molecular formula is C27H29N3O6. The molecule has 0 fully saturated rings. The Bertz CT molecular complexity index is 1190. The molecule has 9 nitrogen and oxygen atoms in total. The maximum absolute atomic E-state index is 12.4. The number of carbonyl (C=O) groups excluding carboxylic acids is 3. The number of nitrogens with zero attached hydrogens (tertiary/aromatic N) is 1. The first kappa shape index (κ1) is 26.1. The van der Waals surface area contributed by atoms with Gasteiger partial charge in [-0.05, 0) is 67.6 Å². The molecule has 3 rings (SSSR count). The molecule has 0 saturated heterocycles. The number of methoxy groups -OCH3 is 1. The van der Waals surface area contributed by atoms with Gasteiger partial charge in [0.05, 0.1) is 12.7 Å². The summed E-state index contributed by atoms with van der Waals surface area (Å²) >= 11 is 0. The first-order valence-corrected chi connectivity index (χ1v) is 11.2. The lowest BCUT2D eigenvalue weighted by molar-refractivity contribution is -0.123. The predicted molar refractivity (Wildman–Crippen MR) is 138 cm³/mol. The number of hydrogen-bond acceptors (Lipinski definition) is 7. The minimum atomic E-state index is -0.998. The molecule has 2 amide bonds. The van der Waals surface area contributed by atoms with E-state index in [2.05, 4.69) is 10.6 Å². The molecule has 9 heteroatoms. The van der Waals surface area contributed by atoms with Crippen molar-refractivity contribution >= 4 is 34.8 Å². The van der Waals surface area contributed by atoms with Gasteiger partial charge in [0.2, 0.25) is 0 Å². The van der Waals surface area contributed by atoms with Gasteiger partial charge in [0.15, 0.2) is 12.7 Å². The zero-order valence-electron chi connectivity index (χ0n) is 20.6. The Labute approximate surface area is 210 Å². The van der Waals surface area contributed by atoms with E-state index in [1.54, 1.807) is 55.6 Å². The van der Waals surface area contributed by atoms with Crippen LogP contribution in [0, 0.1) is 0 Å². The molecule has 0 saturated carbocycles. The van der Waals surface area contributed by atoms with Crippen molar-refractivity contribution in [3.05, 3.63) is 78.4 Å². The highest BCUT2D eigenvalue weighted by Gasteiger charge is 2.19. The number of benzene rings is 3. The van der Waals surface area contributed by atoms with Crippen LogP contribution in [0.5, 0.6) is 11.5 Å². The molecule has 0 aliphatic carbocycles. The predicted octanol–water partition coefficient (Wildman–Crippen LogP) is 3.96. The summed E-state index contributed by atoms with van der Waals surface area (Å²) in [4.78, 5) is 38.9. The number of esters is 1. The lowest BCUT2D eigenvalue weighted by Crippen LogP contribution is -2.30. The van der Waals surface area contributed by atoms with Gasteiger partial charge in [-0.1, -0.05) is 6.07 Å². The van der Waals surface area contributed by atoms with Gasteiger partial charge in [0.1, 0.15) is 11.5 Å². The second-order valence-electron chi connectivity index (χ2n) is 8.07. The highest BCUT2D eigenvalue weighted by atomic mass is 16.5. The summed E-state index contributed by atoms with van der Waals surface area (Å²) < 4.78 is 15.9. The number of amides is 2. The van der Waals surface area contributed by atoms with Crippen LogP contribution in [-0.4, -0.2) is 51.7 Å². The third-order valence-corrected chi connectivity index (χ3v) is 5.12. The number of hydrogen-bond donors (Lipinski definition) is 2. The Kier molecular flexibility index (Phi) is 8.88. The van der Waals surface area contributed by atoms with Crippen LogP contribution in [0.2, 0.25) is 0 Å². The minimum absolute atomic E-state index is 0.215. The first-order valence-electron chi connectivity index (χ1n) is 11.2. The molecule has 2 N–H and O–H groups in total. The van der Waals surface area contributed by atoms with Crippen molar-refractivity contribution < 1.29 is 28.6 Å². The summed E-state index contributed by atoms with van der Waals surface area (Å²) in [6.07, 6.45) is -0.998. The molecule has 1 unspecified atom stereocenters. The van der Waals surface area contributed by atoms with E-state index < -0.39 is 18.0 Å². The maximum atomic E-state index is 12.4. The summed E-state index contributed by atoms with van der Waals surface area (Å²) in [7, 11) is 5.40. The van der Waals surface area contributed by atoms with E-state index in [1.165, 1.54) is 19.1 Å². The van der Waals surface area contributed by atoms with Crippen molar-refractivity contribution in [3.63, 3.8) is 0 Å². The highest BCUT2D eigenvalue weighted by molar-refractivity contribution is 5.97. The largest absolute Gasteiger partial charge is 0.497 e. The average Bonchev–Trinajstić information content (AvgIpc) is 2.88. The molecule has 0 radical (unpaired) electrons. The number of rotatable bonds is 10. The van der Waals surface area contributed by atoms with Gasteiger partial charge in [0, 0.05) is 37.2 Å². The van der Waals surface area contributed by atoms with Gasteiger partial charge < -0.3 is 29.7 Å². The van der Waals surface area contributed by atoms with Gasteiger partial charge >= 0.3 is 5.97 Å². The molecule has 0 spiro atoms. The monoisotopic (exact) mass is 491 g/mol. The molecule has 0 aromatic heterocycles. The van der Waals surface area contributed by atoms with Gasteiger partial charge in [-0.3, -0.25) is 9.59 Å². The highest BCUT2D eigenvalue weighted by Crippen LogP contribution is 2.18. The topological polar surface area (TPSA) is 106 Å². The van der Waals surface area contributed by atoms with E-state index >= 15 is 0 Å². The molecule has 0 aliphatic heterocycles. The van der Waals surface area contributed by atoms with Crippen LogP contribution in [0.25, 0.3) is 0 Å². The molecule has 3 aromatic rings. The van der Waals surface area contributed by atoms with Crippen LogP contribution in [-0.2, 0) is 14.3 Å². The van der Waals surface area contributed by atoms with Crippen molar-refractivity contribution in [2.45, 2.75) is 13.0 Å². The first-order chi connectivity index (χ1) is 17.2. The lowest BCUT2D eigenvalue weighted by atomic mass is 10.2. The number of anilines is 3. The Morgan fingerprint density at radius 3 is 2.19 bits per heavy atom. The molecule has 0 heterocycles. The van der Waals surface area contributed by atoms with E-state index in [0.29, 0.717) is 22.9 Å². The van der Waals surface area contributed by atoms with Crippen molar-refractivity contribution in [1.82, 2.24) is 0 Å². The summed E-state index contributed by atoms with van der Waals surface area (Å²) in [5.74, 6) is -0.408. The van der Waals surface area contributed by atoms with E-state index in [4.69, 9.17) is 14.2 Å². The minimum Gasteiger partial charge on any atom is -0.497 e. The molecule has 1 atom stereocenters. The fraction of sp³-hybridized carbons (Fsp3) is 0.222. The maximum Gasteiger partial charge on any atom is 0.338 e. The molecule has 0 bridgehead atoms. The fourth-order valence-corrected chi connectivity index (χ4v) is 3.10. The number of carbonyl (C=O) groups is 3. The van der Waals surface area contributed by atoms with Crippen molar-refractivity contribution in [2.24, 2.45) is 0 Å². The zero-order chi connectivity index (χ0) is 26.1. The summed E-state index contributed by atoms with van der Waals surface area (Å²) in [6.45, 7) is 1.29. The van der Waals surface area contributed by atoms with Crippen LogP contribution in [0.1, 0.15) is 17.3 Å². The van der Waals surface area contributed by atoms with Crippen LogP contribution < -0.4 is 25.0 Å². The van der Waals surface area contributed by atoms with Gasteiger partial charge in [-0.2, -0.15) is 0 Å². The van der Waals surface area contributed by atoms with E-state index in [9.17, 15) is 14.4 Å². The van der Waals surface area contributed by atoms with Gasteiger partial charge in [-0.25, -0.2) is 4.79 Å². The van der Waals surface area contributed by atoms with E-state index in [0.717, 1.165) is 5.69 Å². The molecule has 0 aliphatic rings. The van der Waals surface area contributed by atoms with Gasteiger partial charge in [0.25, 0.3) is 11.8 Å². The molecule has 3 aromatic carbocycles. The van der Waals surface area contributed by atoms with E-state index in [1.807, 2.05) is 31.1 Å². The third-order valence-electron chi connectivity index (χ3n) is 5.12. The standard InChI is InChI=1S/C27H29N3O6/c1-18(26(32)29-20-10-12-22(13-11-20)30(2)3)36-27(33)19-8-14-23(15-9-19)35-17-25(31)28-21-6-5-7-24(16-21)34-4/h5-16,18H,17H2,1-4H3,(H,28,31)(H,29,32). The summed E-state index contributed by atoms with van der Waals surface area (Å²) in [5, 5.41) is 5.44. The lowest BCUT2D eigenvalue weighted by Gasteiger charge is -2.15. The normalized spacial score (nSPS) is 11.1. The molecule has 36 heavy (non-hydrogen) atoms. The van der Waals surface area contributed by atoms with Crippen LogP contribution >= 0.6 is 0 Å². The van der Waals surface area contributed by atoms with Crippen LogP contribution in [0.15, 0.2) is 72.8 Å². The third kappa shape index (κ3) is 7.49. The average molecular weight is 492 g/mol. The van der Waals surface area contributed by atoms with Crippen LogP contribution in [0.4, 0.5) is 17.1 Å². The molecule has 188 valence electrons. The Balaban J connectivity index is 1.46.